The molecule has 0 unspecified atom stereocenters. The summed E-state index contributed by atoms with van der Waals surface area (Å²) in [5.41, 5.74) is 3.87. The minimum Gasteiger partial charge on any atom is -0.493 e. The zero-order chi connectivity index (χ0) is 23.4. The second-order valence-corrected chi connectivity index (χ2v) is 9.19. The standard InChI is InChI=1S/C25H31N3O4S/c1-17-6-9-22-23(18(17)2)26-25(33-22)28(11-5-10-27-12-14-32-15-13-27)24(29)19-7-8-20(30-3)21(16-19)31-4/h6-9,16H,5,10-15H2,1-4H3. The van der Waals surface area contributed by atoms with E-state index < -0.39 is 0 Å². The van der Waals surface area contributed by atoms with Crippen molar-refractivity contribution in [3.05, 3.63) is 47.0 Å². The van der Waals surface area contributed by atoms with Crippen LogP contribution in [0.5, 0.6) is 11.5 Å². The second kappa shape index (κ2) is 10.5. The Bertz CT molecular complexity index is 1120. The summed E-state index contributed by atoms with van der Waals surface area (Å²) in [6.07, 6.45) is 0.854. The van der Waals surface area contributed by atoms with Gasteiger partial charge < -0.3 is 14.2 Å². The molecule has 1 saturated heterocycles. The summed E-state index contributed by atoms with van der Waals surface area (Å²) in [5, 5.41) is 0.723. The number of aromatic nitrogens is 1. The van der Waals surface area contributed by atoms with Crippen LogP contribution in [-0.4, -0.2) is 69.4 Å². The number of methoxy groups -OCH3 is 2. The molecule has 176 valence electrons. The van der Waals surface area contributed by atoms with E-state index in [-0.39, 0.29) is 5.91 Å². The summed E-state index contributed by atoms with van der Waals surface area (Å²) in [6, 6.07) is 9.48. The third kappa shape index (κ3) is 5.13. The third-order valence-corrected chi connectivity index (χ3v) is 7.18. The smallest absolute Gasteiger partial charge is 0.260 e. The Morgan fingerprint density at radius 2 is 1.88 bits per heavy atom. The van der Waals surface area contributed by atoms with Crippen LogP contribution in [0.15, 0.2) is 30.3 Å². The van der Waals surface area contributed by atoms with Crippen LogP contribution in [-0.2, 0) is 4.74 Å². The van der Waals surface area contributed by atoms with E-state index in [1.165, 1.54) is 5.56 Å². The first-order chi connectivity index (χ1) is 16.0. The molecule has 2 heterocycles. The topological polar surface area (TPSA) is 64.1 Å². The monoisotopic (exact) mass is 469 g/mol. The van der Waals surface area contributed by atoms with Crippen LogP contribution >= 0.6 is 11.3 Å². The van der Waals surface area contributed by atoms with Crippen LogP contribution in [0, 0.1) is 13.8 Å². The van der Waals surface area contributed by atoms with Gasteiger partial charge >= 0.3 is 0 Å². The predicted octanol–water partition coefficient (Wildman–Crippen LogP) is 4.30. The Balaban J connectivity index is 1.63. The van der Waals surface area contributed by atoms with Crippen LogP contribution in [0.3, 0.4) is 0 Å². The first-order valence-corrected chi connectivity index (χ1v) is 12.0. The quantitative estimate of drug-likeness (QED) is 0.490. The van der Waals surface area contributed by atoms with E-state index in [0.29, 0.717) is 23.6 Å². The van der Waals surface area contributed by atoms with Crippen LogP contribution < -0.4 is 14.4 Å². The Kier molecular flexibility index (Phi) is 7.47. The number of carbonyl (C=O) groups excluding carboxylic acids is 1. The number of thiazole rings is 1. The molecule has 33 heavy (non-hydrogen) atoms. The maximum Gasteiger partial charge on any atom is 0.260 e. The van der Waals surface area contributed by atoms with Gasteiger partial charge in [0.25, 0.3) is 5.91 Å². The molecule has 0 N–H and O–H groups in total. The predicted molar refractivity (Wildman–Crippen MR) is 132 cm³/mol. The molecule has 0 atom stereocenters. The van der Waals surface area contributed by atoms with Crippen molar-refractivity contribution in [2.24, 2.45) is 0 Å². The van der Waals surface area contributed by atoms with E-state index in [1.54, 1.807) is 48.7 Å². The van der Waals surface area contributed by atoms with E-state index in [0.717, 1.165) is 60.2 Å². The number of benzene rings is 2. The lowest BCUT2D eigenvalue weighted by molar-refractivity contribution is 0.0376. The molecule has 1 aromatic heterocycles. The average molecular weight is 470 g/mol. The lowest BCUT2D eigenvalue weighted by atomic mass is 10.1. The summed E-state index contributed by atoms with van der Waals surface area (Å²) in [7, 11) is 3.16. The molecule has 1 aliphatic heterocycles. The molecule has 8 heteroatoms. The highest BCUT2D eigenvalue weighted by atomic mass is 32.1. The van der Waals surface area contributed by atoms with Gasteiger partial charge in [0.2, 0.25) is 0 Å². The summed E-state index contributed by atoms with van der Waals surface area (Å²) in [5.74, 6) is 1.04. The minimum absolute atomic E-state index is 0.0913. The molecule has 0 radical (unpaired) electrons. The highest BCUT2D eigenvalue weighted by Crippen LogP contribution is 2.34. The first-order valence-electron chi connectivity index (χ1n) is 11.2. The number of amides is 1. The number of nitrogens with zero attached hydrogens (tertiary/aromatic N) is 3. The summed E-state index contributed by atoms with van der Waals surface area (Å²) in [6.45, 7) is 9.08. The molecular formula is C25H31N3O4S. The van der Waals surface area contributed by atoms with Crippen LogP contribution in [0.1, 0.15) is 27.9 Å². The van der Waals surface area contributed by atoms with Gasteiger partial charge in [0.15, 0.2) is 16.6 Å². The van der Waals surface area contributed by atoms with Gasteiger partial charge in [-0.15, -0.1) is 0 Å². The maximum atomic E-state index is 13.7. The Hall–Kier alpha value is -2.68. The second-order valence-electron chi connectivity index (χ2n) is 8.18. The molecule has 0 saturated carbocycles. The number of hydrogen-bond acceptors (Lipinski definition) is 7. The fourth-order valence-corrected chi connectivity index (χ4v) is 5.07. The van der Waals surface area contributed by atoms with Gasteiger partial charge in [-0.2, -0.15) is 0 Å². The van der Waals surface area contributed by atoms with E-state index in [9.17, 15) is 4.79 Å². The zero-order valence-corrected chi connectivity index (χ0v) is 20.5. The molecular weight excluding hydrogens is 438 g/mol. The largest absolute Gasteiger partial charge is 0.493 e. The van der Waals surface area contributed by atoms with Gasteiger partial charge in [-0.3, -0.25) is 14.6 Å². The van der Waals surface area contributed by atoms with Crippen molar-refractivity contribution in [1.82, 2.24) is 9.88 Å². The lowest BCUT2D eigenvalue weighted by Gasteiger charge is -2.27. The summed E-state index contributed by atoms with van der Waals surface area (Å²) >= 11 is 1.56. The summed E-state index contributed by atoms with van der Waals surface area (Å²) in [4.78, 5) is 22.8. The molecule has 0 bridgehead atoms. The van der Waals surface area contributed by atoms with Gasteiger partial charge in [-0.1, -0.05) is 17.4 Å². The molecule has 2 aromatic carbocycles. The zero-order valence-electron chi connectivity index (χ0n) is 19.7. The van der Waals surface area contributed by atoms with Crippen molar-refractivity contribution >= 4 is 32.6 Å². The Morgan fingerprint density at radius 1 is 1.12 bits per heavy atom. The number of morpholine rings is 1. The lowest BCUT2D eigenvalue weighted by Crippen LogP contribution is -2.39. The number of fused-ring (bicyclic) bond motifs is 1. The molecule has 0 spiro atoms. The van der Waals surface area contributed by atoms with E-state index >= 15 is 0 Å². The number of ether oxygens (including phenoxy) is 3. The average Bonchev–Trinajstić information content (AvgIpc) is 3.28. The fourth-order valence-electron chi connectivity index (χ4n) is 4.02. The highest BCUT2D eigenvalue weighted by Gasteiger charge is 2.23. The first kappa shape index (κ1) is 23.5. The van der Waals surface area contributed by atoms with Crippen molar-refractivity contribution in [1.29, 1.82) is 0 Å². The molecule has 1 amide bonds. The summed E-state index contributed by atoms with van der Waals surface area (Å²) < 4.78 is 17.3. The Morgan fingerprint density at radius 3 is 2.61 bits per heavy atom. The third-order valence-electron chi connectivity index (χ3n) is 6.14. The van der Waals surface area contributed by atoms with Gasteiger partial charge in [0, 0.05) is 31.7 Å². The minimum atomic E-state index is -0.0913. The number of anilines is 1. The molecule has 1 fully saturated rings. The van der Waals surface area contributed by atoms with Gasteiger partial charge in [-0.05, 0) is 55.7 Å². The van der Waals surface area contributed by atoms with Gasteiger partial charge in [0.05, 0.1) is 37.6 Å². The number of carbonyl (C=O) groups is 1. The Labute approximate surface area is 198 Å². The molecule has 1 aliphatic rings. The molecule has 4 rings (SSSR count). The highest BCUT2D eigenvalue weighted by molar-refractivity contribution is 7.22. The van der Waals surface area contributed by atoms with Crippen LogP contribution in [0.4, 0.5) is 5.13 Å². The molecule has 3 aromatic rings. The van der Waals surface area contributed by atoms with Crippen molar-refractivity contribution < 1.29 is 19.0 Å². The number of hydrogen-bond donors (Lipinski definition) is 0. The number of rotatable bonds is 8. The SMILES string of the molecule is COc1ccc(C(=O)N(CCCN2CCOCC2)c2nc3c(C)c(C)ccc3s2)cc1OC. The normalized spacial score (nSPS) is 14.4. The van der Waals surface area contributed by atoms with Gasteiger partial charge in [-0.25, -0.2) is 4.98 Å². The maximum absolute atomic E-state index is 13.7. The van der Waals surface area contributed by atoms with E-state index in [1.807, 2.05) is 0 Å². The fraction of sp³-hybridized carbons (Fsp3) is 0.440. The van der Waals surface area contributed by atoms with Gasteiger partial charge in [0.1, 0.15) is 0 Å². The van der Waals surface area contributed by atoms with Crippen LogP contribution in [0.2, 0.25) is 0 Å². The molecule has 7 nitrogen and oxygen atoms in total. The van der Waals surface area contributed by atoms with Crippen molar-refractivity contribution in [2.45, 2.75) is 20.3 Å². The molecule has 0 aliphatic carbocycles. The van der Waals surface area contributed by atoms with E-state index in [4.69, 9.17) is 19.2 Å². The van der Waals surface area contributed by atoms with Crippen molar-refractivity contribution in [2.75, 3.05) is 58.5 Å². The van der Waals surface area contributed by atoms with Crippen molar-refractivity contribution in [3.8, 4) is 11.5 Å². The van der Waals surface area contributed by atoms with Crippen molar-refractivity contribution in [3.63, 3.8) is 0 Å². The van der Waals surface area contributed by atoms with E-state index in [2.05, 4.69) is 30.9 Å². The number of aryl methyl sites for hydroxylation is 2. The van der Waals surface area contributed by atoms with Crippen LogP contribution in [0.25, 0.3) is 10.2 Å².